The van der Waals surface area contributed by atoms with Gasteiger partial charge in [0.1, 0.15) is 6.04 Å². The Hall–Kier alpha value is -3.49. The molecule has 0 saturated carbocycles. The Morgan fingerprint density at radius 2 is 1.55 bits per heavy atom. The molecule has 1 aromatic carbocycles. The monoisotopic (exact) mass is 691 g/mol. The van der Waals surface area contributed by atoms with E-state index in [0.717, 1.165) is 5.56 Å². The van der Waals surface area contributed by atoms with Crippen LogP contribution < -0.4 is 21.3 Å². The minimum atomic E-state index is -1.09. The molecule has 0 radical (unpaired) electrons. The van der Waals surface area contributed by atoms with E-state index in [1.807, 2.05) is 44.4 Å². The van der Waals surface area contributed by atoms with Crippen LogP contribution in [0.1, 0.15) is 18.4 Å². The van der Waals surface area contributed by atoms with Crippen LogP contribution in [0.2, 0.25) is 0 Å². The van der Waals surface area contributed by atoms with Crippen LogP contribution in [0.15, 0.2) is 30.3 Å². The zero-order chi connectivity index (χ0) is 22.4. The number of hydrogen-bond donors (Lipinski definition) is 5. The SMILES string of the molecule is CNCCN(CCNC)C(=O)C[C@H](NC)C(=O)N[C@@H](CCc1ccccc1)C(=O)O.[Bh]. The van der Waals surface area contributed by atoms with Gasteiger partial charge in [0.05, 0.1) is 12.5 Å². The number of carboxylic acid groups (broad SMARTS) is 1. The molecule has 0 saturated heterocycles. The van der Waals surface area contributed by atoms with Gasteiger partial charge < -0.3 is 31.3 Å². The van der Waals surface area contributed by atoms with Crippen LogP contribution >= 0.6 is 0 Å². The van der Waals surface area contributed by atoms with Gasteiger partial charge in [-0.2, -0.15) is 0 Å². The van der Waals surface area contributed by atoms with Crippen molar-refractivity contribution in [1.29, 1.82) is 0 Å². The summed E-state index contributed by atoms with van der Waals surface area (Å²) < 4.78 is 0. The smallest absolute Gasteiger partial charge is 0.326 e. The van der Waals surface area contributed by atoms with Crippen molar-refractivity contribution in [3.05, 3.63) is 35.9 Å². The van der Waals surface area contributed by atoms with Gasteiger partial charge in [0.25, 0.3) is 0 Å². The summed E-state index contributed by atoms with van der Waals surface area (Å²) in [5, 5.41) is 20.9. The number of hydrogen-bond acceptors (Lipinski definition) is 6. The fourth-order valence-electron chi connectivity index (χ4n) is 2.97. The minimum Gasteiger partial charge on any atom is -0.480 e. The van der Waals surface area contributed by atoms with Crippen LogP contribution in [-0.2, 0) is 20.8 Å². The van der Waals surface area contributed by atoms with Gasteiger partial charge >= 0.3 is 5.97 Å². The molecule has 2 amide bonds. The zero-order valence-electron chi connectivity index (χ0n) is 18.8. The van der Waals surface area contributed by atoms with E-state index in [1.165, 1.54) is 0 Å². The second-order valence-corrected chi connectivity index (χ2v) is 7.06. The van der Waals surface area contributed by atoms with Gasteiger partial charge in [-0.3, -0.25) is 9.59 Å². The number of carboxylic acids is 1. The summed E-state index contributed by atoms with van der Waals surface area (Å²) >= 11 is 0. The number of nitrogens with one attached hydrogen (secondary N) is 4. The Labute approximate surface area is 178 Å². The standard InChI is InChI=1S/C21H35N5O4.Bh/c1-22-11-13-26(14-12-23-2)19(27)15-18(24-3)20(28)25-17(21(29)30)10-9-16-7-5-4-6-8-16;/h4-8,17-18,22-24H,9-15H2,1-3H3,(H,25,28)(H,29,30);/t17-,18-;/m0./s1. The molecule has 0 aliphatic heterocycles. The maximum absolute atomic E-state index is 12.7. The first-order valence-electron chi connectivity index (χ1n) is 10.2. The van der Waals surface area contributed by atoms with E-state index in [2.05, 4.69) is 21.3 Å². The van der Waals surface area contributed by atoms with Gasteiger partial charge in [0, 0.05) is 26.2 Å². The molecule has 0 aromatic heterocycles. The Kier molecular flexibility index (Phi) is 13.6. The summed E-state index contributed by atoms with van der Waals surface area (Å²) in [7, 11) is 5.21. The molecule has 1 rings (SSSR count). The fourth-order valence-corrected chi connectivity index (χ4v) is 2.97. The van der Waals surface area contributed by atoms with Gasteiger partial charge in [-0.05, 0) is 39.5 Å². The number of likely N-dealkylation sites (N-methyl/N-ethyl adjacent to an activating group) is 3. The fraction of sp³-hybridized carbons (Fsp3) is 0.571. The minimum absolute atomic E-state index is 0. The van der Waals surface area contributed by atoms with E-state index in [-0.39, 0.29) is 18.7 Å². The maximum Gasteiger partial charge on any atom is 0.326 e. The van der Waals surface area contributed by atoms with Crippen molar-refractivity contribution in [1.82, 2.24) is 26.2 Å². The Bertz CT molecular complexity index is 654. The molecule has 0 unspecified atom stereocenters. The molecule has 0 fully saturated rings. The Morgan fingerprint density at radius 1 is 0.968 bits per heavy atom. The predicted molar refractivity (Wildman–Crippen MR) is 116 cm³/mol. The zero-order valence-corrected chi connectivity index (χ0v) is 25.3. The topological polar surface area (TPSA) is 123 Å². The molecule has 2 atom stereocenters. The number of rotatable bonds is 15. The van der Waals surface area contributed by atoms with Gasteiger partial charge in [0.15, 0.2) is 0 Å². The molecule has 0 aliphatic carbocycles. The number of carbonyl (C=O) groups is 3. The summed E-state index contributed by atoms with van der Waals surface area (Å²) in [6.45, 7) is 2.35. The van der Waals surface area contributed by atoms with Crippen molar-refractivity contribution in [3.8, 4) is 0 Å². The molecule has 170 valence electrons. The van der Waals surface area contributed by atoms with Crippen molar-refractivity contribution >= 4 is 17.8 Å². The molecule has 0 aliphatic rings. The normalized spacial score (nSPS) is 12.4. The third-order valence-corrected chi connectivity index (χ3v) is 4.84. The number of aryl methyl sites for hydroxylation is 1. The molecule has 1 aromatic rings. The Balaban J connectivity index is 0.00000900. The molecule has 5 N–H and O–H groups in total. The maximum atomic E-state index is 12.7. The van der Waals surface area contributed by atoms with Crippen molar-refractivity contribution in [3.63, 3.8) is 0 Å². The number of benzene rings is 1. The van der Waals surface area contributed by atoms with E-state index < -0.39 is 24.0 Å². The van der Waals surface area contributed by atoms with E-state index in [0.29, 0.717) is 32.6 Å². The van der Waals surface area contributed by atoms with Crippen LogP contribution in [0.25, 0.3) is 0 Å². The largest absolute Gasteiger partial charge is 0.480 e. The quantitative estimate of drug-likeness (QED) is 0.167. The van der Waals surface area contributed by atoms with Crippen LogP contribution in [0, 0.1) is 0 Å². The second-order valence-electron chi connectivity index (χ2n) is 7.06. The van der Waals surface area contributed by atoms with E-state index in [1.54, 1.807) is 11.9 Å². The molecule has 0 bridgehead atoms. The molecule has 9 nitrogen and oxygen atoms in total. The van der Waals surface area contributed by atoms with E-state index in [4.69, 9.17) is 0 Å². The van der Waals surface area contributed by atoms with Crippen molar-refractivity contribution < 1.29 is 19.5 Å². The summed E-state index contributed by atoms with van der Waals surface area (Å²) in [5.41, 5.74) is 1.00. The van der Waals surface area contributed by atoms with Gasteiger partial charge in [-0.1, -0.05) is 30.3 Å². The van der Waals surface area contributed by atoms with Gasteiger partial charge in [-0.25, -0.2) is 4.79 Å². The average molecular weight is 692 g/mol. The van der Waals surface area contributed by atoms with Crippen molar-refractivity contribution in [2.45, 2.75) is 31.3 Å². The summed E-state index contributed by atoms with van der Waals surface area (Å²) in [4.78, 5) is 38.6. The van der Waals surface area contributed by atoms with Gasteiger partial charge in [0.2, 0.25) is 11.8 Å². The van der Waals surface area contributed by atoms with Crippen molar-refractivity contribution in [2.75, 3.05) is 47.3 Å². The Morgan fingerprint density at radius 3 is 2.03 bits per heavy atom. The van der Waals surface area contributed by atoms with Crippen LogP contribution in [0.4, 0.5) is 0 Å². The second kappa shape index (κ2) is 15.4. The van der Waals surface area contributed by atoms with Crippen LogP contribution in [-0.4, -0.2) is 87.2 Å². The molecular formula is C21H35BhN5O4. The average Bonchev–Trinajstić information content (AvgIpc) is 2.75. The third kappa shape index (κ3) is 10.2. The summed E-state index contributed by atoms with van der Waals surface area (Å²) in [5.74, 6) is -1.75. The predicted octanol–water partition coefficient (Wildman–Crippen LogP) is -0.566. The van der Waals surface area contributed by atoms with Gasteiger partial charge in [-0.15, -0.1) is 0 Å². The van der Waals surface area contributed by atoms with Crippen molar-refractivity contribution in [2.24, 2.45) is 0 Å². The molecular weight excluding hydrogens is 656 g/mol. The summed E-state index contributed by atoms with van der Waals surface area (Å²) in [6.07, 6.45) is 0.760. The van der Waals surface area contributed by atoms with Crippen LogP contribution in [0.5, 0.6) is 0 Å². The molecule has 0 spiro atoms. The first-order valence-corrected chi connectivity index (χ1v) is 10.2. The first kappa shape index (κ1) is 27.5. The third-order valence-electron chi connectivity index (χ3n) is 4.84. The van der Waals surface area contributed by atoms with E-state index >= 15 is 0 Å². The molecule has 31 heavy (non-hydrogen) atoms. The summed E-state index contributed by atoms with van der Waals surface area (Å²) in [6, 6.07) is 7.68. The van der Waals surface area contributed by atoms with Crippen LogP contribution in [0.3, 0.4) is 0 Å². The number of amides is 2. The number of carbonyl (C=O) groups excluding carboxylic acids is 2. The molecule has 0 heterocycles. The molecule has 10 heteroatoms. The number of nitrogens with zero attached hydrogens (tertiary/aromatic N) is 1. The number of aliphatic carboxylic acids is 1. The van der Waals surface area contributed by atoms with E-state index in [9.17, 15) is 19.5 Å². The first-order chi connectivity index (χ1) is 14.4.